The first-order valence-electron chi connectivity index (χ1n) is 7.37. The van der Waals surface area contributed by atoms with Gasteiger partial charge in [-0.15, -0.1) is 0 Å². The summed E-state index contributed by atoms with van der Waals surface area (Å²) in [5, 5.41) is 11.9. The SMILES string of the molecule is COc1cccc(NC(=O)/C(C#N)=C/c2cccc(OC(C)=O)c2)c1. The van der Waals surface area contributed by atoms with Gasteiger partial charge in [0.15, 0.2) is 0 Å². The first-order valence-corrected chi connectivity index (χ1v) is 7.37. The number of carbonyl (C=O) groups is 2. The molecule has 0 atom stereocenters. The fraction of sp³-hybridized carbons (Fsp3) is 0.105. The third kappa shape index (κ3) is 5.22. The zero-order valence-electron chi connectivity index (χ0n) is 13.8. The summed E-state index contributed by atoms with van der Waals surface area (Å²) in [6.07, 6.45) is 1.42. The highest BCUT2D eigenvalue weighted by atomic mass is 16.5. The predicted molar refractivity (Wildman–Crippen MR) is 93.0 cm³/mol. The smallest absolute Gasteiger partial charge is 0.308 e. The van der Waals surface area contributed by atoms with Crippen molar-refractivity contribution < 1.29 is 19.1 Å². The van der Waals surface area contributed by atoms with Crippen molar-refractivity contribution in [3.8, 4) is 17.6 Å². The van der Waals surface area contributed by atoms with Crippen molar-refractivity contribution in [1.82, 2.24) is 0 Å². The van der Waals surface area contributed by atoms with Gasteiger partial charge in [-0.25, -0.2) is 0 Å². The van der Waals surface area contributed by atoms with E-state index in [1.54, 1.807) is 48.5 Å². The molecular formula is C19H16N2O4. The van der Waals surface area contributed by atoms with Crippen LogP contribution in [0.1, 0.15) is 12.5 Å². The Kier molecular flexibility index (Phi) is 5.91. The monoisotopic (exact) mass is 336 g/mol. The largest absolute Gasteiger partial charge is 0.497 e. The summed E-state index contributed by atoms with van der Waals surface area (Å²) in [6.45, 7) is 1.30. The molecule has 0 aromatic heterocycles. The average Bonchev–Trinajstić information content (AvgIpc) is 2.59. The van der Waals surface area contributed by atoms with E-state index in [-0.39, 0.29) is 5.57 Å². The zero-order valence-corrected chi connectivity index (χ0v) is 13.8. The number of anilines is 1. The van der Waals surface area contributed by atoms with Crippen LogP contribution in [-0.4, -0.2) is 19.0 Å². The van der Waals surface area contributed by atoms with Gasteiger partial charge in [0.1, 0.15) is 23.1 Å². The van der Waals surface area contributed by atoms with Crippen LogP contribution in [0.15, 0.2) is 54.1 Å². The summed E-state index contributed by atoms with van der Waals surface area (Å²) in [6, 6.07) is 15.2. The van der Waals surface area contributed by atoms with E-state index in [0.29, 0.717) is 22.7 Å². The topological polar surface area (TPSA) is 88.4 Å². The lowest BCUT2D eigenvalue weighted by Gasteiger charge is -2.06. The van der Waals surface area contributed by atoms with Gasteiger partial charge in [-0.3, -0.25) is 9.59 Å². The first-order chi connectivity index (χ1) is 12.0. The minimum atomic E-state index is -0.548. The number of ether oxygens (including phenoxy) is 2. The van der Waals surface area contributed by atoms with Crippen LogP contribution >= 0.6 is 0 Å². The molecule has 0 unspecified atom stereocenters. The van der Waals surface area contributed by atoms with Gasteiger partial charge in [0, 0.05) is 18.7 Å². The maximum Gasteiger partial charge on any atom is 0.308 e. The molecule has 0 heterocycles. The van der Waals surface area contributed by atoms with Crippen LogP contribution in [0.2, 0.25) is 0 Å². The van der Waals surface area contributed by atoms with Crippen LogP contribution in [0.4, 0.5) is 5.69 Å². The first kappa shape index (κ1) is 17.8. The van der Waals surface area contributed by atoms with Crippen molar-refractivity contribution in [2.24, 2.45) is 0 Å². The molecule has 0 fully saturated rings. The van der Waals surface area contributed by atoms with Crippen LogP contribution in [0, 0.1) is 11.3 Å². The van der Waals surface area contributed by atoms with Gasteiger partial charge in [-0.05, 0) is 35.9 Å². The minimum Gasteiger partial charge on any atom is -0.497 e. The number of carbonyl (C=O) groups excluding carboxylic acids is 2. The Hall–Kier alpha value is -3.59. The molecule has 0 radical (unpaired) electrons. The number of nitriles is 1. The maximum absolute atomic E-state index is 12.3. The number of hydrogen-bond acceptors (Lipinski definition) is 5. The summed E-state index contributed by atoms with van der Waals surface area (Å²) >= 11 is 0. The lowest BCUT2D eigenvalue weighted by atomic mass is 10.1. The third-order valence-corrected chi connectivity index (χ3v) is 3.12. The molecule has 0 aliphatic carbocycles. The van der Waals surface area contributed by atoms with Gasteiger partial charge in [-0.2, -0.15) is 5.26 Å². The highest BCUT2D eigenvalue weighted by Gasteiger charge is 2.10. The fourth-order valence-corrected chi connectivity index (χ4v) is 2.05. The summed E-state index contributed by atoms with van der Waals surface area (Å²) in [7, 11) is 1.53. The van der Waals surface area contributed by atoms with E-state index in [9.17, 15) is 14.9 Å². The minimum absolute atomic E-state index is 0.0807. The Bertz CT molecular complexity index is 866. The molecule has 2 aromatic carbocycles. The van der Waals surface area contributed by atoms with Crippen molar-refractivity contribution in [2.75, 3.05) is 12.4 Å². The molecule has 6 heteroatoms. The van der Waals surface area contributed by atoms with Crippen molar-refractivity contribution in [2.45, 2.75) is 6.92 Å². The van der Waals surface area contributed by atoms with E-state index < -0.39 is 11.9 Å². The summed E-state index contributed by atoms with van der Waals surface area (Å²) < 4.78 is 10.1. The fourth-order valence-electron chi connectivity index (χ4n) is 2.05. The van der Waals surface area contributed by atoms with Crippen LogP contribution in [-0.2, 0) is 9.59 Å². The lowest BCUT2D eigenvalue weighted by molar-refractivity contribution is -0.131. The molecule has 1 N–H and O–H groups in total. The van der Waals surface area contributed by atoms with Gasteiger partial charge in [0.05, 0.1) is 7.11 Å². The van der Waals surface area contributed by atoms with Crippen LogP contribution in [0.5, 0.6) is 11.5 Å². The van der Waals surface area contributed by atoms with E-state index in [1.807, 2.05) is 6.07 Å². The number of amides is 1. The molecule has 6 nitrogen and oxygen atoms in total. The maximum atomic E-state index is 12.3. The van der Waals surface area contributed by atoms with Gasteiger partial charge in [0.2, 0.25) is 0 Å². The third-order valence-electron chi connectivity index (χ3n) is 3.12. The predicted octanol–water partition coefficient (Wildman–Crippen LogP) is 3.17. The molecule has 0 saturated heterocycles. The quantitative estimate of drug-likeness (QED) is 0.392. The number of rotatable bonds is 5. The number of hydrogen-bond donors (Lipinski definition) is 1. The molecule has 0 aliphatic rings. The van der Waals surface area contributed by atoms with E-state index in [0.717, 1.165) is 0 Å². The Morgan fingerprint density at radius 2 is 1.84 bits per heavy atom. The molecule has 126 valence electrons. The summed E-state index contributed by atoms with van der Waals surface area (Å²) in [4.78, 5) is 23.3. The molecule has 0 spiro atoms. The highest BCUT2D eigenvalue weighted by Crippen LogP contribution is 2.19. The summed E-state index contributed by atoms with van der Waals surface area (Å²) in [5.74, 6) is -0.0628. The van der Waals surface area contributed by atoms with E-state index in [4.69, 9.17) is 9.47 Å². The normalized spacial score (nSPS) is 10.5. The van der Waals surface area contributed by atoms with E-state index in [2.05, 4.69) is 5.32 Å². The Morgan fingerprint density at radius 3 is 2.52 bits per heavy atom. The number of nitrogens with zero attached hydrogens (tertiary/aromatic N) is 1. The Balaban J connectivity index is 2.20. The number of esters is 1. The second kappa shape index (κ2) is 8.31. The molecule has 2 rings (SSSR count). The second-order valence-electron chi connectivity index (χ2n) is 5.02. The van der Waals surface area contributed by atoms with Crippen molar-refractivity contribution in [3.05, 3.63) is 59.7 Å². The highest BCUT2D eigenvalue weighted by molar-refractivity contribution is 6.09. The van der Waals surface area contributed by atoms with Crippen molar-refractivity contribution >= 4 is 23.6 Å². The van der Waals surface area contributed by atoms with Crippen molar-refractivity contribution in [3.63, 3.8) is 0 Å². The van der Waals surface area contributed by atoms with Gasteiger partial charge in [-0.1, -0.05) is 18.2 Å². The van der Waals surface area contributed by atoms with E-state index >= 15 is 0 Å². The second-order valence-corrected chi connectivity index (χ2v) is 5.02. The van der Waals surface area contributed by atoms with Crippen LogP contribution < -0.4 is 14.8 Å². The van der Waals surface area contributed by atoms with Gasteiger partial charge in [0.25, 0.3) is 5.91 Å². The molecule has 0 aliphatic heterocycles. The van der Waals surface area contributed by atoms with Crippen LogP contribution in [0.25, 0.3) is 6.08 Å². The number of methoxy groups -OCH3 is 1. The molecule has 0 bridgehead atoms. The molecule has 25 heavy (non-hydrogen) atoms. The molecule has 1 amide bonds. The molecule has 0 saturated carbocycles. The Morgan fingerprint density at radius 1 is 1.12 bits per heavy atom. The number of nitrogens with one attached hydrogen (secondary N) is 1. The van der Waals surface area contributed by atoms with Crippen LogP contribution in [0.3, 0.4) is 0 Å². The van der Waals surface area contributed by atoms with Crippen molar-refractivity contribution in [1.29, 1.82) is 5.26 Å². The Labute approximate surface area is 145 Å². The number of benzene rings is 2. The lowest BCUT2D eigenvalue weighted by Crippen LogP contribution is -2.13. The average molecular weight is 336 g/mol. The van der Waals surface area contributed by atoms with Gasteiger partial charge < -0.3 is 14.8 Å². The molecule has 2 aromatic rings. The summed E-state index contributed by atoms with van der Waals surface area (Å²) in [5.41, 5.74) is 0.998. The molecular weight excluding hydrogens is 320 g/mol. The van der Waals surface area contributed by atoms with E-state index in [1.165, 1.54) is 20.1 Å². The zero-order chi connectivity index (χ0) is 18.2. The van der Waals surface area contributed by atoms with Gasteiger partial charge >= 0.3 is 5.97 Å². The standard InChI is InChI=1S/C19H16N2O4/c1-13(22)25-18-8-3-5-14(10-18)9-15(12-20)19(23)21-16-6-4-7-17(11-16)24-2/h3-11H,1-2H3,(H,21,23)/b15-9+.